The molecule has 1 aromatic heterocycles. The molecular formula is C14H15BrN2. The Kier molecular flexibility index (Phi) is 4.29. The smallest absolute Gasteiger partial charge is 0.0542 e. The van der Waals surface area contributed by atoms with Gasteiger partial charge in [0.2, 0.25) is 0 Å². The largest absolute Gasteiger partial charge is 0.307 e. The zero-order valence-corrected chi connectivity index (χ0v) is 11.4. The summed E-state index contributed by atoms with van der Waals surface area (Å²) in [4.78, 5) is 4.32. The van der Waals surface area contributed by atoms with Crippen molar-refractivity contribution in [1.82, 2.24) is 10.3 Å². The minimum absolute atomic E-state index is 0.793. The van der Waals surface area contributed by atoms with Gasteiger partial charge in [0.25, 0.3) is 0 Å². The lowest BCUT2D eigenvalue weighted by Gasteiger charge is -2.05. The van der Waals surface area contributed by atoms with Gasteiger partial charge in [-0.25, -0.2) is 0 Å². The molecule has 0 amide bonds. The van der Waals surface area contributed by atoms with Gasteiger partial charge in [-0.15, -0.1) is 0 Å². The van der Waals surface area contributed by atoms with Gasteiger partial charge in [0, 0.05) is 23.8 Å². The highest BCUT2D eigenvalue weighted by Crippen LogP contribution is 2.07. The van der Waals surface area contributed by atoms with Crippen LogP contribution in [-0.4, -0.2) is 4.98 Å². The van der Waals surface area contributed by atoms with E-state index >= 15 is 0 Å². The number of benzene rings is 1. The molecule has 2 aromatic rings. The third-order valence-electron chi connectivity index (χ3n) is 2.51. The lowest BCUT2D eigenvalue weighted by molar-refractivity contribution is 0.679. The second kappa shape index (κ2) is 5.94. The summed E-state index contributed by atoms with van der Waals surface area (Å²) < 4.78 is 1.01. The van der Waals surface area contributed by atoms with Crippen LogP contribution in [0.4, 0.5) is 0 Å². The number of halogens is 1. The standard InChI is InChI=1S/C14H15BrN2/c1-11-3-2-4-12(7-11)8-16-10-14-6-5-13(15)9-17-14/h2-7,9,16H,8,10H2,1H3. The third kappa shape index (κ3) is 3.95. The maximum absolute atomic E-state index is 4.32. The second-order valence-electron chi connectivity index (χ2n) is 4.06. The molecule has 2 rings (SSSR count). The molecule has 0 aliphatic carbocycles. The molecule has 0 fully saturated rings. The summed E-state index contributed by atoms with van der Waals surface area (Å²) >= 11 is 3.38. The number of hydrogen-bond donors (Lipinski definition) is 1. The van der Waals surface area contributed by atoms with Gasteiger partial charge in [0.15, 0.2) is 0 Å². The molecular weight excluding hydrogens is 276 g/mol. The van der Waals surface area contributed by atoms with Crippen LogP contribution >= 0.6 is 15.9 Å². The van der Waals surface area contributed by atoms with Crippen LogP contribution in [-0.2, 0) is 13.1 Å². The first-order chi connectivity index (χ1) is 8.24. The zero-order chi connectivity index (χ0) is 12.1. The lowest BCUT2D eigenvalue weighted by atomic mass is 10.1. The number of aryl methyl sites for hydroxylation is 1. The molecule has 88 valence electrons. The van der Waals surface area contributed by atoms with Gasteiger partial charge >= 0.3 is 0 Å². The number of hydrogen-bond acceptors (Lipinski definition) is 2. The van der Waals surface area contributed by atoms with Crippen molar-refractivity contribution in [1.29, 1.82) is 0 Å². The maximum atomic E-state index is 4.32. The van der Waals surface area contributed by atoms with Crippen molar-refractivity contribution in [2.45, 2.75) is 20.0 Å². The molecule has 1 N–H and O–H groups in total. The molecule has 2 nitrogen and oxygen atoms in total. The molecule has 1 aromatic carbocycles. The van der Waals surface area contributed by atoms with Crippen molar-refractivity contribution in [3.63, 3.8) is 0 Å². The summed E-state index contributed by atoms with van der Waals surface area (Å²) in [7, 11) is 0. The Morgan fingerprint density at radius 3 is 2.76 bits per heavy atom. The van der Waals surface area contributed by atoms with Gasteiger partial charge in [-0.05, 0) is 40.5 Å². The van der Waals surface area contributed by atoms with E-state index in [-0.39, 0.29) is 0 Å². The van der Waals surface area contributed by atoms with Gasteiger partial charge in [0.1, 0.15) is 0 Å². The average Bonchev–Trinajstić information content (AvgIpc) is 2.32. The van der Waals surface area contributed by atoms with Crippen molar-refractivity contribution in [2.24, 2.45) is 0 Å². The van der Waals surface area contributed by atoms with Crippen LogP contribution in [0.2, 0.25) is 0 Å². The van der Waals surface area contributed by atoms with E-state index < -0.39 is 0 Å². The predicted octanol–water partition coefficient (Wildman–Crippen LogP) is 3.44. The predicted molar refractivity (Wildman–Crippen MR) is 73.7 cm³/mol. The molecule has 0 spiro atoms. The van der Waals surface area contributed by atoms with Gasteiger partial charge in [-0.3, -0.25) is 4.98 Å². The molecule has 0 unspecified atom stereocenters. The number of nitrogens with zero attached hydrogens (tertiary/aromatic N) is 1. The molecule has 0 aliphatic rings. The molecule has 0 saturated heterocycles. The van der Waals surface area contributed by atoms with Crippen LogP contribution in [0.25, 0.3) is 0 Å². The van der Waals surface area contributed by atoms with E-state index in [1.807, 2.05) is 18.3 Å². The quantitative estimate of drug-likeness (QED) is 0.933. The summed E-state index contributed by atoms with van der Waals surface area (Å²) in [5.41, 5.74) is 3.66. The first-order valence-electron chi connectivity index (χ1n) is 5.61. The highest BCUT2D eigenvalue weighted by atomic mass is 79.9. The van der Waals surface area contributed by atoms with Crippen LogP contribution in [0.15, 0.2) is 47.1 Å². The number of rotatable bonds is 4. The fraction of sp³-hybridized carbons (Fsp3) is 0.214. The van der Waals surface area contributed by atoms with Crippen LogP contribution < -0.4 is 5.32 Å². The van der Waals surface area contributed by atoms with Crippen molar-refractivity contribution >= 4 is 15.9 Å². The molecule has 1 heterocycles. The van der Waals surface area contributed by atoms with Gasteiger partial charge < -0.3 is 5.32 Å². The maximum Gasteiger partial charge on any atom is 0.0542 e. The van der Waals surface area contributed by atoms with Gasteiger partial charge in [-0.1, -0.05) is 29.8 Å². The Morgan fingerprint density at radius 2 is 2.06 bits per heavy atom. The van der Waals surface area contributed by atoms with Crippen molar-refractivity contribution in [2.75, 3.05) is 0 Å². The number of nitrogens with one attached hydrogen (secondary N) is 1. The topological polar surface area (TPSA) is 24.9 Å². The van der Waals surface area contributed by atoms with E-state index in [2.05, 4.69) is 57.4 Å². The molecule has 0 radical (unpaired) electrons. The SMILES string of the molecule is Cc1cccc(CNCc2ccc(Br)cn2)c1. The van der Waals surface area contributed by atoms with Crippen LogP contribution in [0.3, 0.4) is 0 Å². The van der Waals surface area contributed by atoms with E-state index in [1.54, 1.807) is 0 Å². The summed E-state index contributed by atoms with van der Waals surface area (Å²) in [5, 5.41) is 3.39. The Bertz CT molecular complexity index is 480. The molecule has 0 atom stereocenters. The minimum atomic E-state index is 0.793. The van der Waals surface area contributed by atoms with E-state index in [9.17, 15) is 0 Å². The highest BCUT2D eigenvalue weighted by molar-refractivity contribution is 9.10. The molecule has 17 heavy (non-hydrogen) atoms. The Balaban J connectivity index is 1.85. The third-order valence-corrected chi connectivity index (χ3v) is 2.98. The Morgan fingerprint density at radius 1 is 1.18 bits per heavy atom. The van der Waals surface area contributed by atoms with Gasteiger partial charge in [0.05, 0.1) is 5.69 Å². The van der Waals surface area contributed by atoms with E-state index in [4.69, 9.17) is 0 Å². The number of aromatic nitrogens is 1. The monoisotopic (exact) mass is 290 g/mol. The molecule has 0 saturated carbocycles. The van der Waals surface area contributed by atoms with E-state index in [0.29, 0.717) is 0 Å². The lowest BCUT2D eigenvalue weighted by Crippen LogP contribution is -2.13. The minimum Gasteiger partial charge on any atom is -0.307 e. The summed E-state index contributed by atoms with van der Waals surface area (Å²) in [6.07, 6.45) is 1.82. The van der Waals surface area contributed by atoms with Crippen LogP contribution in [0.1, 0.15) is 16.8 Å². The molecule has 3 heteroatoms. The molecule has 0 bridgehead atoms. The van der Waals surface area contributed by atoms with Crippen molar-refractivity contribution in [3.05, 3.63) is 63.9 Å². The molecule has 0 aliphatic heterocycles. The van der Waals surface area contributed by atoms with Crippen LogP contribution in [0, 0.1) is 6.92 Å². The van der Waals surface area contributed by atoms with Gasteiger partial charge in [-0.2, -0.15) is 0 Å². The fourth-order valence-corrected chi connectivity index (χ4v) is 1.90. The summed E-state index contributed by atoms with van der Waals surface area (Å²) in [5.74, 6) is 0. The Hall–Kier alpha value is -1.19. The van der Waals surface area contributed by atoms with Crippen molar-refractivity contribution < 1.29 is 0 Å². The summed E-state index contributed by atoms with van der Waals surface area (Å²) in [6, 6.07) is 12.6. The number of pyridine rings is 1. The van der Waals surface area contributed by atoms with E-state index in [1.165, 1.54) is 11.1 Å². The van der Waals surface area contributed by atoms with Crippen molar-refractivity contribution in [3.8, 4) is 0 Å². The van der Waals surface area contributed by atoms with Crippen LogP contribution in [0.5, 0.6) is 0 Å². The zero-order valence-electron chi connectivity index (χ0n) is 9.78. The first-order valence-corrected chi connectivity index (χ1v) is 6.40. The Labute approximate surface area is 110 Å². The normalized spacial score (nSPS) is 10.5. The van der Waals surface area contributed by atoms with E-state index in [0.717, 1.165) is 23.3 Å². The second-order valence-corrected chi connectivity index (χ2v) is 4.98. The fourth-order valence-electron chi connectivity index (χ4n) is 1.67. The highest BCUT2D eigenvalue weighted by Gasteiger charge is 1.96. The first kappa shape index (κ1) is 12.3. The average molecular weight is 291 g/mol. The summed E-state index contributed by atoms with van der Waals surface area (Å²) in [6.45, 7) is 3.78.